The highest BCUT2D eigenvalue weighted by Crippen LogP contribution is 2.47. The van der Waals surface area contributed by atoms with Crippen LogP contribution in [0.2, 0.25) is 0 Å². The van der Waals surface area contributed by atoms with Crippen LogP contribution in [0.5, 0.6) is 0 Å². The average molecular weight is 571 g/mol. The Labute approximate surface area is 256 Å². The molecule has 1 fully saturated rings. The van der Waals surface area contributed by atoms with Crippen molar-refractivity contribution in [1.82, 2.24) is 4.90 Å². The van der Waals surface area contributed by atoms with Crippen LogP contribution in [0.3, 0.4) is 0 Å². The molecule has 4 heteroatoms. The minimum absolute atomic E-state index is 0.00258. The predicted molar refractivity (Wildman–Crippen MR) is 174 cm³/mol. The summed E-state index contributed by atoms with van der Waals surface area (Å²) in [6, 6.07) is 33.0. The first-order valence-electron chi connectivity index (χ1n) is 15.7. The Morgan fingerprint density at radius 1 is 0.767 bits per heavy atom. The van der Waals surface area contributed by atoms with Crippen molar-refractivity contribution < 1.29 is 9.59 Å². The number of rotatable bonds is 7. The molecule has 1 N–H and O–H groups in total. The van der Waals surface area contributed by atoms with Crippen molar-refractivity contribution >= 4 is 17.5 Å². The molecular weight excluding hydrogens is 528 g/mol. The molecule has 0 aromatic heterocycles. The van der Waals surface area contributed by atoms with Crippen molar-refractivity contribution in [2.75, 3.05) is 5.32 Å². The van der Waals surface area contributed by atoms with Crippen molar-refractivity contribution in [3.63, 3.8) is 0 Å². The number of carbonyl (C=O) groups excluding carboxylic acids is 2. The fourth-order valence-corrected chi connectivity index (χ4v) is 7.68. The Morgan fingerprint density at radius 2 is 1.33 bits per heavy atom. The maximum atomic E-state index is 14.9. The molecule has 4 aromatic rings. The number of anilines is 1. The molecule has 0 saturated heterocycles. The van der Waals surface area contributed by atoms with Crippen molar-refractivity contribution in [3.05, 3.63) is 136 Å². The summed E-state index contributed by atoms with van der Waals surface area (Å²) in [6.07, 6.45) is 4.49. The quantitative estimate of drug-likeness (QED) is 0.247. The molecule has 4 aromatic carbocycles. The van der Waals surface area contributed by atoms with Gasteiger partial charge in [-0.05, 0) is 98.1 Å². The molecule has 2 aliphatic carbocycles. The number of nitrogens with one attached hydrogen (secondary N) is 1. The smallest absolute Gasteiger partial charge is 0.250 e. The van der Waals surface area contributed by atoms with Gasteiger partial charge in [-0.3, -0.25) is 9.59 Å². The number of fused-ring (bicyclic) bond motifs is 2. The van der Waals surface area contributed by atoms with Gasteiger partial charge in [0.25, 0.3) is 0 Å². The number of benzene rings is 4. The van der Waals surface area contributed by atoms with E-state index in [0.29, 0.717) is 31.2 Å². The van der Waals surface area contributed by atoms with Gasteiger partial charge in [0, 0.05) is 12.2 Å². The molecule has 0 aliphatic heterocycles. The van der Waals surface area contributed by atoms with Crippen molar-refractivity contribution in [2.45, 2.75) is 71.4 Å². The van der Waals surface area contributed by atoms with Crippen LogP contribution in [-0.2, 0) is 35.4 Å². The maximum absolute atomic E-state index is 14.9. The first-order chi connectivity index (χ1) is 20.8. The van der Waals surface area contributed by atoms with E-state index in [1.54, 1.807) is 0 Å². The minimum atomic E-state index is -0.959. The van der Waals surface area contributed by atoms with Gasteiger partial charge in [0.1, 0.15) is 5.54 Å². The van der Waals surface area contributed by atoms with Gasteiger partial charge in [-0.25, -0.2) is 0 Å². The Hall–Kier alpha value is -4.18. The summed E-state index contributed by atoms with van der Waals surface area (Å²) in [5.41, 5.74) is 8.00. The molecule has 2 amide bonds. The number of hydrogen-bond acceptors (Lipinski definition) is 2. The second kappa shape index (κ2) is 12.2. The lowest BCUT2D eigenvalue weighted by Crippen LogP contribution is -2.62. The fraction of sp³-hybridized carbons (Fsp3) is 0.333. The molecule has 0 heterocycles. The zero-order chi connectivity index (χ0) is 30.0. The van der Waals surface area contributed by atoms with Crippen LogP contribution in [0.1, 0.15) is 58.2 Å². The van der Waals surface area contributed by atoms with Crippen LogP contribution in [0.25, 0.3) is 0 Å². The molecule has 6 rings (SSSR count). The molecule has 3 atom stereocenters. The summed E-state index contributed by atoms with van der Waals surface area (Å²) in [5.74, 6) is 0.785. The van der Waals surface area contributed by atoms with Gasteiger partial charge in [-0.15, -0.1) is 0 Å². The number of nitrogens with zero attached hydrogens (tertiary/aromatic N) is 1. The number of hydrogen-bond donors (Lipinski definition) is 1. The van der Waals surface area contributed by atoms with Gasteiger partial charge in [0.15, 0.2) is 0 Å². The SMILES string of the molecule is Cc1cc(C)c(NC(=O)[C@]2(N(Cc3ccccc3)C(=O)Cc3ccccc3)CC[C@@H]3Cc4ccccc4C[C@@H]3C2)c(C)c1. The molecule has 0 spiro atoms. The van der Waals surface area contributed by atoms with Crippen LogP contribution < -0.4 is 5.32 Å². The normalized spacial score (nSPS) is 20.9. The summed E-state index contributed by atoms with van der Waals surface area (Å²) < 4.78 is 0. The molecule has 2 aliphatic rings. The third kappa shape index (κ3) is 6.01. The van der Waals surface area contributed by atoms with Crippen LogP contribution in [0.15, 0.2) is 97.1 Å². The van der Waals surface area contributed by atoms with E-state index in [0.717, 1.165) is 47.2 Å². The highest BCUT2D eigenvalue weighted by Gasteiger charge is 2.52. The van der Waals surface area contributed by atoms with Crippen molar-refractivity contribution in [1.29, 1.82) is 0 Å². The Bertz CT molecular complexity index is 1590. The van der Waals surface area contributed by atoms with Gasteiger partial charge in [-0.1, -0.05) is 103 Å². The Balaban J connectivity index is 1.42. The Morgan fingerprint density at radius 3 is 1.95 bits per heavy atom. The minimum Gasteiger partial charge on any atom is -0.324 e. The number of amides is 2. The largest absolute Gasteiger partial charge is 0.324 e. The van der Waals surface area contributed by atoms with Crippen LogP contribution >= 0.6 is 0 Å². The molecule has 0 radical (unpaired) electrons. The standard InChI is InChI=1S/C39H42N2O2/c1-27-20-28(2)37(29(3)21-27)40-38(43)39(19-18-34-23-32-16-10-11-17-33(32)24-35(34)25-39)41(26-31-14-8-5-9-15-31)36(42)22-30-12-6-4-7-13-30/h4-17,20-21,34-35H,18-19,22-26H2,1-3H3,(H,40,43)/t34-,35-,39+/m1/s1. The summed E-state index contributed by atoms with van der Waals surface area (Å²) >= 11 is 0. The first kappa shape index (κ1) is 28.9. The van der Waals surface area contributed by atoms with Crippen LogP contribution in [-0.4, -0.2) is 22.3 Å². The fourth-order valence-electron chi connectivity index (χ4n) is 7.68. The molecule has 0 bridgehead atoms. The number of carbonyl (C=O) groups is 2. The highest BCUT2D eigenvalue weighted by atomic mass is 16.2. The van der Waals surface area contributed by atoms with E-state index in [9.17, 15) is 9.59 Å². The zero-order valence-electron chi connectivity index (χ0n) is 25.6. The third-order valence-electron chi connectivity index (χ3n) is 9.82. The van der Waals surface area contributed by atoms with E-state index in [-0.39, 0.29) is 18.2 Å². The van der Waals surface area contributed by atoms with E-state index in [2.05, 4.69) is 74.6 Å². The molecule has 220 valence electrons. The lowest BCUT2D eigenvalue weighted by molar-refractivity contribution is -0.150. The van der Waals surface area contributed by atoms with Gasteiger partial charge in [0.05, 0.1) is 6.42 Å². The second-order valence-electron chi connectivity index (χ2n) is 12.8. The lowest BCUT2D eigenvalue weighted by atomic mass is 9.62. The van der Waals surface area contributed by atoms with Gasteiger partial charge < -0.3 is 10.2 Å². The first-order valence-corrected chi connectivity index (χ1v) is 15.7. The summed E-state index contributed by atoms with van der Waals surface area (Å²) in [7, 11) is 0. The monoisotopic (exact) mass is 570 g/mol. The van der Waals surface area contributed by atoms with E-state index in [1.165, 1.54) is 16.7 Å². The lowest BCUT2D eigenvalue weighted by Gasteiger charge is -2.51. The van der Waals surface area contributed by atoms with Crippen LogP contribution in [0.4, 0.5) is 5.69 Å². The average Bonchev–Trinajstić information content (AvgIpc) is 3.01. The summed E-state index contributed by atoms with van der Waals surface area (Å²) in [6.45, 7) is 6.60. The zero-order valence-corrected chi connectivity index (χ0v) is 25.6. The molecule has 0 unspecified atom stereocenters. The summed E-state index contributed by atoms with van der Waals surface area (Å²) in [5, 5.41) is 3.38. The summed E-state index contributed by atoms with van der Waals surface area (Å²) in [4.78, 5) is 31.3. The predicted octanol–water partition coefficient (Wildman–Crippen LogP) is 7.78. The van der Waals surface area contributed by atoms with Gasteiger partial charge in [0.2, 0.25) is 11.8 Å². The van der Waals surface area contributed by atoms with Crippen molar-refractivity contribution in [2.24, 2.45) is 11.8 Å². The van der Waals surface area contributed by atoms with Crippen LogP contribution in [0, 0.1) is 32.6 Å². The van der Waals surface area contributed by atoms with Gasteiger partial charge in [-0.2, -0.15) is 0 Å². The highest BCUT2D eigenvalue weighted by molar-refractivity contribution is 6.02. The van der Waals surface area contributed by atoms with E-state index in [4.69, 9.17) is 0 Å². The topological polar surface area (TPSA) is 49.4 Å². The third-order valence-corrected chi connectivity index (χ3v) is 9.82. The number of aryl methyl sites for hydroxylation is 3. The molecule has 1 saturated carbocycles. The molecule has 43 heavy (non-hydrogen) atoms. The second-order valence-corrected chi connectivity index (χ2v) is 12.8. The van der Waals surface area contributed by atoms with E-state index in [1.807, 2.05) is 53.4 Å². The van der Waals surface area contributed by atoms with Gasteiger partial charge >= 0.3 is 0 Å². The Kier molecular flexibility index (Phi) is 8.21. The molecule has 4 nitrogen and oxygen atoms in total. The van der Waals surface area contributed by atoms with E-state index < -0.39 is 5.54 Å². The molecular formula is C39H42N2O2. The van der Waals surface area contributed by atoms with Crippen molar-refractivity contribution in [3.8, 4) is 0 Å². The van der Waals surface area contributed by atoms with E-state index >= 15 is 0 Å². The maximum Gasteiger partial charge on any atom is 0.250 e.